The van der Waals surface area contributed by atoms with E-state index in [1.54, 1.807) is 6.07 Å². The number of nitrogens with two attached hydrogens (primary N) is 1. The zero-order valence-electron chi connectivity index (χ0n) is 7.03. The number of hydrogen-bond donors (Lipinski definition) is 2. The second kappa shape index (κ2) is 3.01. The molecular weight excluding hydrogens is 168 g/mol. The highest BCUT2D eigenvalue weighted by atomic mass is 16.2. The van der Waals surface area contributed by atoms with Crippen LogP contribution in [0.5, 0.6) is 0 Å². The van der Waals surface area contributed by atoms with Gasteiger partial charge in [0.15, 0.2) is 0 Å². The van der Waals surface area contributed by atoms with E-state index in [-0.39, 0.29) is 17.8 Å². The van der Waals surface area contributed by atoms with E-state index in [9.17, 15) is 4.79 Å². The molecule has 0 saturated heterocycles. The van der Waals surface area contributed by atoms with E-state index in [0.717, 1.165) is 12.8 Å². The van der Waals surface area contributed by atoms with Gasteiger partial charge in [-0.2, -0.15) is 4.98 Å². The van der Waals surface area contributed by atoms with Gasteiger partial charge in [-0.25, -0.2) is 4.98 Å². The predicted molar refractivity (Wildman–Crippen MR) is 47.8 cm³/mol. The maximum atomic E-state index is 11.3. The van der Waals surface area contributed by atoms with Crippen LogP contribution in [0.15, 0.2) is 12.3 Å². The highest BCUT2D eigenvalue weighted by molar-refractivity contribution is 5.93. The molecule has 5 nitrogen and oxygen atoms in total. The quantitative estimate of drug-likeness (QED) is 0.687. The Balaban J connectivity index is 2.04. The molecule has 5 heteroatoms. The van der Waals surface area contributed by atoms with Gasteiger partial charge in [-0.05, 0) is 18.9 Å². The van der Waals surface area contributed by atoms with E-state index in [1.165, 1.54) is 6.20 Å². The molecular formula is C8H10N4O. The van der Waals surface area contributed by atoms with Crippen LogP contribution in [0.4, 0.5) is 11.8 Å². The lowest BCUT2D eigenvalue weighted by Crippen LogP contribution is -2.14. The van der Waals surface area contributed by atoms with Gasteiger partial charge in [-0.1, -0.05) is 0 Å². The number of amides is 1. The molecule has 0 spiro atoms. The van der Waals surface area contributed by atoms with Crippen molar-refractivity contribution in [3.05, 3.63) is 12.3 Å². The second-order valence-electron chi connectivity index (χ2n) is 3.06. The SMILES string of the molecule is Nc1nccc(NC(=O)C2CC2)n1. The minimum atomic E-state index is 0.0260. The van der Waals surface area contributed by atoms with Crippen molar-refractivity contribution in [1.29, 1.82) is 0 Å². The van der Waals surface area contributed by atoms with E-state index < -0.39 is 0 Å². The molecule has 68 valence electrons. The van der Waals surface area contributed by atoms with Crippen LogP contribution in [0.25, 0.3) is 0 Å². The molecule has 1 aromatic rings. The number of anilines is 2. The first kappa shape index (κ1) is 7.97. The summed E-state index contributed by atoms with van der Waals surface area (Å²) in [5, 5.41) is 2.67. The van der Waals surface area contributed by atoms with Crippen LogP contribution < -0.4 is 11.1 Å². The lowest BCUT2D eigenvalue weighted by Gasteiger charge is -2.02. The third kappa shape index (κ3) is 1.93. The van der Waals surface area contributed by atoms with Gasteiger partial charge < -0.3 is 11.1 Å². The van der Waals surface area contributed by atoms with Crippen molar-refractivity contribution in [3.63, 3.8) is 0 Å². The van der Waals surface area contributed by atoms with Gasteiger partial charge in [0.1, 0.15) is 5.82 Å². The van der Waals surface area contributed by atoms with Gasteiger partial charge >= 0.3 is 0 Å². The summed E-state index contributed by atoms with van der Waals surface area (Å²) >= 11 is 0. The molecule has 1 fully saturated rings. The summed E-state index contributed by atoms with van der Waals surface area (Å²) in [4.78, 5) is 18.9. The van der Waals surface area contributed by atoms with Gasteiger partial charge in [-0.3, -0.25) is 4.79 Å². The maximum absolute atomic E-state index is 11.3. The summed E-state index contributed by atoms with van der Waals surface area (Å²) in [6.07, 6.45) is 3.48. The molecule has 3 N–H and O–H groups in total. The van der Waals surface area contributed by atoms with Crippen LogP contribution in [0.3, 0.4) is 0 Å². The Kier molecular flexibility index (Phi) is 1.84. The molecule has 0 bridgehead atoms. The third-order valence-corrected chi connectivity index (χ3v) is 1.87. The zero-order valence-corrected chi connectivity index (χ0v) is 7.03. The van der Waals surface area contributed by atoms with E-state index >= 15 is 0 Å². The van der Waals surface area contributed by atoms with E-state index in [2.05, 4.69) is 15.3 Å². The Bertz CT molecular complexity index is 335. The molecule has 1 aromatic heterocycles. The molecule has 1 amide bonds. The fraction of sp³-hybridized carbons (Fsp3) is 0.375. The number of hydrogen-bond acceptors (Lipinski definition) is 4. The van der Waals surface area contributed by atoms with Crippen molar-refractivity contribution < 1.29 is 4.79 Å². The molecule has 0 aliphatic heterocycles. The Morgan fingerprint density at radius 3 is 3.00 bits per heavy atom. The van der Waals surface area contributed by atoms with Gasteiger partial charge in [0.25, 0.3) is 0 Å². The Morgan fingerprint density at radius 1 is 1.62 bits per heavy atom. The summed E-state index contributed by atoms with van der Waals surface area (Å²) in [7, 11) is 0. The molecule has 1 aliphatic carbocycles. The summed E-state index contributed by atoms with van der Waals surface area (Å²) < 4.78 is 0. The topological polar surface area (TPSA) is 80.9 Å². The minimum absolute atomic E-state index is 0.0260. The summed E-state index contributed by atoms with van der Waals surface area (Å²) in [5.74, 6) is 0.854. The monoisotopic (exact) mass is 178 g/mol. The molecule has 1 saturated carbocycles. The van der Waals surface area contributed by atoms with Crippen LogP contribution in [0.1, 0.15) is 12.8 Å². The van der Waals surface area contributed by atoms with Gasteiger partial charge in [-0.15, -0.1) is 0 Å². The highest BCUT2D eigenvalue weighted by Gasteiger charge is 2.29. The number of nitrogen functional groups attached to an aromatic ring is 1. The molecule has 0 aromatic carbocycles. The molecule has 1 aliphatic rings. The second-order valence-corrected chi connectivity index (χ2v) is 3.06. The summed E-state index contributed by atoms with van der Waals surface area (Å²) in [5.41, 5.74) is 5.35. The predicted octanol–water partition coefficient (Wildman–Crippen LogP) is 0.407. The lowest BCUT2D eigenvalue weighted by atomic mass is 10.4. The Labute approximate surface area is 75.4 Å². The summed E-state index contributed by atoms with van der Waals surface area (Å²) in [6.45, 7) is 0. The van der Waals surface area contributed by atoms with Crippen molar-refractivity contribution in [2.75, 3.05) is 11.1 Å². The maximum Gasteiger partial charge on any atom is 0.228 e. The smallest absolute Gasteiger partial charge is 0.228 e. The fourth-order valence-corrected chi connectivity index (χ4v) is 1.02. The molecule has 0 atom stereocenters. The van der Waals surface area contributed by atoms with Crippen molar-refractivity contribution >= 4 is 17.7 Å². The number of aromatic nitrogens is 2. The fourth-order valence-electron chi connectivity index (χ4n) is 1.02. The van der Waals surface area contributed by atoms with Crippen LogP contribution in [-0.4, -0.2) is 15.9 Å². The highest BCUT2D eigenvalue weighted by Crippen LogP contribution is 2.29. The van der Waals surface area contributed by atoms with Crippen LogP contribution in [0, 0.1) is 5.92 Å². The standard InChI is InChI=1S/C8H10N4O/c9-8-10-4-3-6(12-8)11-7(13)5-1-2-5/h3-5H,1-2H2,(H3,9,10,11,12,13). The van der Waals surface area contributed by atoms with E-state index in [1.807, 2.05) is 0 Å². The molecule has 0 radical (unpaired) electrons. The number of carbonyl (C=O) groups excluding carboxylic acids is 1. The number of carbonyl (C=O) groups is 1. The van der Waals surface area contributed by atoms with Crippen molar-refractivity contribution in [2.24, 2.45) is 5.92 Å². The van der Waals surface area contributed by atoms with E-state index in [0.29, 0.717) is 5.82 Å². The first-order valence-corrected chi connectivity index (χ1v) is 4.15. The first-order chi connectivity index (χ1) is 6.25. The van der Waals surface area contributed by atoms with Gasteiger partial charge in [0.2, 0.25) is 11.9 Å². The Hall–Kier alpha value is -1.65. The normalized spacial score (nSPS) is 15.4. The Morgan fingerprint density at radius 2 is 2.38 bits per heavy atom. The van der Waals surface area contributed by atoms with Gasteiger partial charge in [0.05, 0.1) is 0 Å². The number of rotatable bonds is 2. The first-order valence-electron chi connectivity index (χ1n) is 4.15. The summed E-state index contributed by atoms with van der Waals surface area (Å²) in [6, 6.07) is 1.62. The molecule has 2 rings (SSSR count). The van der Waals surface area contributed by atoms with Crippen LogP contribution >= 0.6 is 0 Å². The molecule has 13 heavy (non-hydrogen) atoms. The lowest BCUT2D eigenvalue weighted by molar-refractivity contribution is -0.117. The van der Waals surface area contributed by atoms with Crippen molar-refractivity contribution in [3.8, 4) is 0 Å². The van der Waals surface area contributed by atoms with E-state index in [4.69, 9.17) is 5.73 Å². The third-order valence-electron chi connectivity index (χ3n) is 1.87. The van der Waals surface area contributed by atoms with Crippen LogP contribution in [0.2, 0.25) is 0 Å². The molecule has 1 heterocycles. The molecule has 0 unspecified atom stereocenters. The number of nitrogens with one attached hydrogen (secondary N) is 1. The number of nitrogens with zero attached hydrogens (tertiary/aromatic N) is 2. The van der Waals surface area contributed by atoms with Crippen LogP contribution in [-0.2, 0) is 4.79 Å². The zero-order chi connectivity index (χ0) is 9.26. The average molecular weight is 178 g/mol. The van der Waals surface area contributed by atoms with Gasteiger partial charge in [0, 0.05) is 12.1 Å². The van der Waals surface area contributed by atoms with Crippen molar-refractivity contribution in [1.82, 2.24) is 9.97 Å². The average Bonchev–Trinajstić information content (AvgIpc) is 2.85. The minimum Gasteiger partial charge on any atom is -0.368 e. The largest absolute Gasteiger partial charge is 0.368 e. The van der Waals surface area contributed by atoms with Crippen molar-refractivity contribution in [2.45, 2.75) is 12.8 Å².